The number of benzene rings is 3. The molecule has 3 aromatic heterocycles. The van der Waals surface area contributed by atoms with Crippen LogP contribution in [0, 0.1) is 30.6 Å². The SMILES string of the molecule is CC[C@H](C)[C@H](N)C(=O)NCc1ncc(C(=O)C(CC(O)(C(=O)[C@H](Cc2cn(S(=O)(=O)c3ccc(C)cc3)cn2)n2c(O)c(Cc3cccc4ccccc34)c(N3CCOCC3)c2O)[C@@H](N)CC(C)C)C(C)C)cc1O. The van der Waals surface area contributed by atoms with Crippen molar-refractivity contribution < 1.29 is 48.0 Å². The van der Waals surface area contributed by atoms with Crippen molar-refractivity contribution in [2.24, 2.45) is 35.1 Å². The molecule has 3 aromatic carbocycles. The van der Waals surface area contributed by atoms with Crippen LogP contribution in [0.4, 0.5) is 5.69 Å². The van der Waals surface area contributed by atoms with Crippen LogP contribution in [-0.2, 0) is 43.7 Å². The second-order valence-electron chi connectivity index (χ2n) is 20.8. The monoisotopic (exact) mass is 1050 g/mol. The molecule has 75 heavy (non-hydrogen) atoms. The third kappa shape index (κ3) is 12.1. The zero-order valence-corrected chi connectivity index (χ0v) is 44.6. The van der Waals surface area contributed by atoms with Gasteiger partial charge in [0.15, 0.2) is 17.4 Å². The minimum atomic E-state index is -4.19. The molecular formula is C56H72N8O10S. The number of hydrogen-bond donors (Lipinski definition) is 7. The molecule has 1 amide bonds. The summed E-state index contributed by atoms with van der Waals surface area (Å²) >= 11 is 0. The first kappa shape index (κ1) is 56.1. The lowest BCUT2D eigenvalue weighted by atomic mass is 9.71. The Morgan fingerprint density at radius 2 is 1.59 bits per heavy atom. The molecule has 1 saturated heterocycles. The van der Waals surface area contributed by atoms with E-state index < -0.39 is 87.7 Å². The maximum absolute atomic E-state index is 16.1. The largest absolute Gasteiger partial charge is 0.506 e. The second-order valence-corrected chi connectivity index (χ2v) is 22.6. The molecule has 2 unspecified atom stereocenters. The van der Waals surface area contributed by atoms with Gasteiger partial charge in [-0.3, -0.25) is 23.9 Å². The third-order valence-electron chi connectivity index (χ3n) is 14.7. The number of rotatable bonds is 23. The van der Waals surface area contributed by atoms with Gasteiger partial charge < -0.3 is 46.8 Å². The summed E-state index contributed by atoms with van der Waals surface area (Å²) in [4.78, 5) is 54.2. The van der Waals surface area contributed by atoms with Gasteiger partial charge in [-0.1, -0.05) is 108 Å². The highest BCUT2D eigenvalue weighted by molar-refractivity contribution is 7.90. The summed E-state index contributed by atoms with van der Waals surface area (Å²) in [5.41, 5.74) is 12.8. The molecule has 1 fully saturated rings. The van der Waals surface area contributed by atoms with Gasteiger partial charge in [0.25, 0.3) is 10.0 Å². The minimum absolute atomic E-state index is 0.0104. The predicted molar refractivity (Wildman–Crippen MR) is 286 cm³/mol. The maximum Gasteiger partial charge on any atom is 0.268 e. The number of fused-ring (bicyclic) bond motifs is 1. The zero-order valence-electron chi connectivity index (χ0n) is 43.8. The van der Waals surface area contributed by atoms with E-state index in [2.05, 4.69) is 15.3 Å². The number of nitrogens with zero attached hydrogens (tertiary/aromatic N) is 5. The van der Waals surface area contributed by atoms with Crippen molar-refractivity contribution in [2.75, 3.05) is 31.2 Å². The highest BCUT2D eigenvalue weighted by Crippen LogP contribution is 2.47. The number of ketones is 2. The van der Waals surface area contributed by atoms with E-state index in [9.17, 15) is 38.4 Å². The van der Waals surface area contributed by atoms with Gasteiger partial charge in [-0.15, -0.1) is 0 Å². The summed E-state index contributed by atoms with van der Waals surface area (Å²) < 4.78 is 35.6. The van der Waals surface area contributed by atoms with Crippen LogP contribution in [0.1, 0.15) is 105 Å². The molecule has 6 atom stereocenters. The van der Waals surface area contributed by atoms with Gasteiger partial charge in [0.1, 0.15) is 35.1 Å². The molecule has 6 aromatic rings. The maximum atomic E-state index is 16.1. The van der Waals surface area contributed by atoms with E-state index in [0.29, 0.717) is 32.7 Å². The number of nitrogens with one attached hydrogen (secondary N) is 1. The Kier molecular flexibility index (Phi) is 17.6. The first-order valence-electron chi connectivity index (χ1n) is 25.6. The number of morpholine rings is 1. The summed E-state index contributed by atoms with van der Waals surface area (Å²) in [7, 11) is -4.19. The molecule has 0 radical (unpaired) electrons. The van der Waals surface area contributed by atoms with E-state index in [1.807, 2.05) is 82.0 Å². The standard InChI is InChI=1S/C56H72N8O10S/c1-8-36(7)49(58)53(68)60-30-45-47(65)26-39(29-59-45)51(66)44(34(4)5)28-56(71,48(57)24-33(2)3)52(67)46(27-40-31-63(32-61-40)75(72,73)41-18-16-35(6)17-19-41)64-54(69)43(50(55(64)70)62-20-22-74-23-21-62)25-38-14-11-13-37-12-9-10-15-42(37)38/h9-19,26,29,31-34,36,44,46,48-49,65,69-71H,8,20-25,27-28,30,57-58H2,1-7H3,(H,60,68)/t36-,44?,46-,48-,49-,56?/m0/s1. The molecule has 18 nitrogen and oxygen atoms in total. The normalized spacial score (nSPS) is 16.1. The first-order valence-corrected chi connectivity index (χ1v) is 27.1. The molecule has 402 valence electrons. The number of amides is 1. The Bertz CT molecular complexity index is 3110. The molecule has 0 aliphatic carbocycles. The third-order valence-corrected chi connectivity index (χ3v) is 16.3. The van der Waals surface area contributed by atoms with Gasteiger partial charge >= 0.3 is 0 Å². The first-order chi connectivity index (χ1) is 35.6. The van der Waals surface area contributed by atoms with Crippen molar-refractivity contribution in [3.8, 4) is 17.5 Å². The van der Waals surface area contributed by atoms with E-state index in [0.717, 1.165) is 36.8 Å². The number of hydrogen-bond acceptors (Lipinski definition) is 15. The molecule has 1 aliphatic rings. The number of aromatic hydroxyl groups is 3. The quantitative estimate of drug-likeness (QED) is 0.0346. The number of carbonyl (C=O) groups excluding carboxylic acids is 3. The number of aliphatic hydroxyl groups is 1. The number of pyridine rings is 1. The van der Waals surface area contributed by atoms with E-state index in [1.54, 1.807) is 26.0 Å². The molecule has 19 heteroatoms. The van der Waals surface area contributed by atoms with Crippen LogP contribution in [0.15, 0.2) is 96.4 Å². The second kappa shape index (κ2) is 23.5. The summed E-state index contributed by atoms with van der Waals surface area (Å²) in [5.74, 6) is -5.25. The lowest BCUT2D eigenvalue weighted by Gasteiger charge is -2.39. The van der Waals surface area contributed by atoms with Crippen molar-refractivity contribution in [3.63, 3.8) is 0 Å². The van der Waals surface area contributed by atoms with E-state index in [4.69, 9.17) is 16.2 Å². The van der Waals surface area contributed by atoms with Gasteiger partial charge in [0.05, 0.1) is 36.4 Å². The number of aryl methyl sites for hydroxylation is 1. The predicted octanol–water partition coefficient (Wildman–Crippen LogP) is 6.31. The number of imidazole rings is 1. The number of aromatic nitrogens is 4. The van der Waals surface area contributed by atoms with Crippen LogP contribution in [0.3, 0.4) is 0 Å². The fourth-order valence-electron chi connectivity index (χ4n) is 9.89. The summed E-state index contributed by atoms with van der Waals surface area (Å²) in [5, 5.41) is 54.4. The minimum Gasteiger partial charge on any atom is -0.506 e. The zero-order chi connectivity index (χ0) is 54.5. The Morgan fingerprint density at radius 3 is 2.24 bits per heavy atom. The Hall–Kier alpha value is -6.64. The van der Waals surface area contributed by atoms with Crippen molar-refractivity contribution in [2.45, 2.75) is 116 Å². The van der Waals surface area contributed by atoms with E-state index >= 15 is 4.79 Å². The summed E-state index contributed by atoms with van der Waals surface area (Å²) in [6.07, 6.45) is 3.47. The highest BCUT2D eigenvalue weighted by atomic mass is 32.2. The molecule has 0 bridgehead atoms. The Balaban J connectivity index is 1.34. The van der Waals surface area contributed by atoms with Crippen molar-refractivity contribution in [3.05, 3.63) is 125 Å². The fraction of sp³-hybridized carbons (Fsp3) is 0.446. The van der Waals surface area contributed by atoms with E-state index in [1.165, 1.54) is 30.6 Å². The molecule has 9 N–H and O–H groups in total. The van der Waals surface area contributed by atoms with Gasteiger partial charge in [0, 0.05) is 61.4 Å². The smallest absolute Gasteiger partial charge is 0.268 e. The number of nitrogens with two attached hydrogens (primary N) is 2. The van der Waals surface area contributed by atoms with Crippen LogP contribution < -0.4 is 21.7 Å². The van der Waals surface area contributed by atoms with E-state index in [-0.39, 0.29) is 70.1 Å². The molecule has 0 spiro atoms. The molecule has 4 heterocycles. The van der Waals surface area contributed by atoms with Gasteiger partial charge in [-0.2, -0.15) is 0 Å². The van der Waals surface area contributed by atoms with Crippen LogP contribution in [-0.4, -0.2) is 109 Å². The highest BCUT2D eigenvalue weighted by Gasteiger charge is 2.50. The topological polar surface area (TPSA) is 278 Å². The number of Topliss-reactive ketones (excluding diaryl/α,β-unsaturated/α-hetero) is 2. The lowest BCUT2D eigenvalue weighted by Crippen LogP contribution is -2.58. The van der Waals surface area contributed by atoms with Crippen molar-refractivity contribution in [1.82, 2.24) is 23.8 Å². The van der Waals surface area contributed by atoms with Crippen LogP contribution in [0.2, 0.25) is 0 Å². The van der Waals surface area contributed by atoms with Crippen molar-refractivity contribution in [1.29, 1.82) is 0 Å². The van der Waals surface area contributed by atoms with Gasteiger partial charge in [-0.05, 0) is 72.1 Å². The lowest BCUT2D eigenvalue weighted by molar-refractivity contribution is -0.146. The molecule has 1 aliphatic heterocycles. The van der Waals surface area contributed by atoms with Gasteiger partial charge in [-0.25, -0.2) is 17.4 Å². The van der Waals surface area contributed by atoms with Crippen molar-refractivity contribution >= 4 is 44.0 Å². The number of carbonyl (C=O) groups is 3. The number of ether oxygens (including phenoxy) is 1. The molecule has 7 rings (SSSR count). The number of anilines is 1. The summed E-state index contributed by atoms with van der Waals surface area (Å²) in [6.45, 7) is 13.9. The average Bonchev–Trinajstić information content (AvgIpc) is 3.97. The van der Waals surface area contributed by atoms with Gasteiger partial charge in [0.2, 0.25) is 11.8 Å². The fourth-order valence-corrected chi connectivity index (χ4v) is 11.0. The Morgan fingerprint density at radius 1 is 0.907 bits per heavy atom. The summed E-state index contributed by atoms with van der Waals surface area (Å²) in [6, 6.07) is 17.2. The van der Waals surface area contributed by atoms with Crippen LogP contribution >= 0.6 is 0 Å². The van der Waals surface area contributed by atoms with Crippen LogP contribution in [0.25, 0.3) is 10.8 Å². The Labute approximate surface area is 438 Å². The molecular weight excluding hydrogens is 977 g/mol. The molecule has 0 saturated carbocycles. The average molecular weight is 1050 g/mol. The van der Waals surface area contributed by atoms with Crippen LogP contribution in [0.5, 0.6) is 17.5 Å².